The molecule has 0 aromatic heterocycles. The smallest absolute Gasteiger partial charge is 0.190 e. The maximum Gasteiger partial charge on any atom is 0.190 e. The number of aliphatic imine (C=N–C) groups is 1. The Bertz CT molecular complexity index is 86.2. The molecule has 0 rings (SSSR count). The van der Waals surface area contributed by atoms with Crippen LogP contribution in [0.2, 0.25) is 0 Å². The fourth-order valence-corrected chi connectivity index (χ4v) is 0.545. The molecule has 0 saturated heterocycles. The van der Waals surface area contributed by atoms with Crippen LogP contribution in [0.15, 0.2) is 4.99 Å². The number of rotatable bonds is 2. The first kappa shape index (κ1) is 8.62. The first-order chi connectivity index (χ1) is 4.35. The van der Waals surface area contributed by atoms with Crippen molar-refractivity contribution >= 4 is 18.6 Å². The van der Waals surface area contributed by atoms with E-state index < -0.39 is 0 Å². The topological polar surface area (TPSA) is 36.4 Å². The molecule has 0 bridgehead atoms. The Morgan fingerprint density at radius 3 is 2.33 bits per heavy atom. The second kappa shape index (κ2) is 5.75. The van der Waals surface area contributed by atoms with Crippen molar-refractivity contribution in [3.05, 3.63) is 0 Å². The summed E-state index contributed by atoms with van der Waals surface area (Å²) in [6.07, 6.45) is 0. The molecule has 0 fully saturated rings. The second-order valence-corrected chi connectivity index (χ2v) is 1.90. The molecule has 3 nitrogen and oxygen atoms in total. The van der Waals surface area contributed by atoms with Crippen molar-refractivity contribution in [3.63, 3.8) is 0 Å². The van der Waals surface area contributed by atoms with Crippen molar-refractivity contribution in [3.8, 4) is 0 Å². The lowest BCUT2D eigenvalue weighted by Gasteiger charge is -2.01. The molecule has 0 aliphatic heterocycles. The van der Waals surface area contributed by atoms with Crippen LogP contribution in [-0.2, 0) is 0 Å². The van der Waals surface area contributed by atoms with Gasteiger partial charge < -0.3 is 10.6 Å². The molecule has 54 valence electrons. The van der Waals surface area contributed by atoms with Crippen LogP contribution in [0.3, 0.4) is 0 Å². The summed E-state index contributed by atoms with van der Waals surface area (Å²) in [5, 5.41) is 5.78. The maximum atomic E-state index is 4.10. The van der Waals surface area contributed by atoms with Crippen molar-refractivity contribution in [1.82, 2.24) is 10.6 Å². The molecular weight excluding hydrogens is 134 g/mol. The van der Waals surface area contributed by atoms with Crippen LogP contribution >= 0.6 is 12.6 Å². The van der Waals surface area contributed by atoms with E-state index in [2.05, 4.69) is 28.3 Å². The van der Waals surface area contributed by atoms with E-state index in [0.29, 0.717) is 0 Å². The molecule has 0 aliphatic rings. The summed E-state index contributed by atoms with van der Waals surface area (Å²) in [5.74, 6) is 1.59. The van der Waals surface area contributed by atoms with Gasteiger partial charge >= 0.3 is 0 Å². The molecule has 0 aromatic carbocycles. The third-order valence-corrected chi connectivity index (χ3v) is 1.04. The molecule has 0 unspecified atom stereocenters. The van der Waals surface area contributed by atoms with Crippen molar-refractivity contribution in [1.29, 1.82) is 0 Å². The normalized spacial score (nSPS) is 8.33. The summed E-state index contributed by atoms with van der Waals surface area (Å²) in [6, 6.07) is 0. The predicted octanol–water partition coefficient (Wildman–Crippen LogP) is -0.289. The molecule has 0 radical (unpaired) electrons. The zero-order chi connectivity index (χ0) is 7.11. The Morgan fingerprint density at radius 2 is 2.00 bits per heavy atom. The van der Waals surface area contributed by atoms with Gasteiger partial charge in [0.1, 0.15) is 0 Å². The van der Waals surface area contributed by atoms with Crippen LogP contribution in [0.25, 0.3) is 0 Å². The van der Waals surface area contributed by atoms with Gasteiger partial charge in [0.05, 0.1) is 6.54 Å². The van der Waals surface area contributed by atoms with Crippen molar-refractivity contribution < 1.29 is 0 Å². The van der Waals surface area contributed by atoms with Gasteiger partial charge in [0.15, 0.2) is 5.96 Å². The molecular formula is C5H13N3S. The quantitative estimate of drug-likeness (QED) is 0.285. The van der Waals surface area contributed by atoms with Crippen LogP contribution in [0.1, 0.15) is 0 Å². The Hall–Kier alpha value is -0.380. The number of thiol groups is 1. The lowest BCUT2D eigenvalue weighted by molar-refractivity contribution is 0.980. The molecule has 0 aliphatic carbocycles. The van der Waals surface area contributed by atoms with Crippen molar-refractivity contribution in [2.75, 3.05) is 26.4 Å². The molecule has 0 heterocycles. The first-order valence-electron chi connectivity index (χ1n) is 2.86. The zero-order valence-corrected chi connectivity index (χ0v) is 6.70. The van der Waals surface area contributed by atoms with E-state index in [-0.39, 0.29) is 0 Å². The molecule has 0 aromatic rings. The lowest BCUT2D eigenvalue weighted by atomic mass is 10.7. The van der Waals surface area contributed by atoms with E-state index in [1.807, 2.05) is 14.1 Å². The lowest BCUT2D eigenvalue weighted by Crippen LogP contribution is -2.31. The maximum absolute atomic E-state index is 4.10. The Morgan fingerprint density at radius 1 is 1.44 bits per heavy atom. The minimum Gasteiger partial charge on any atom is -0.359 e. The van der Waals surface area contributed by atoms with E-state index >= 15 is 0 Å². The predicted molar refractivity (Wildman–Crippen MR) is 44.3 cm³/mol. The summed E-state index contributed by atoms with van der Waals surface area (Å²) in [6.45, 7) is 0.750. The molecule has 9 heavy (non-hydrogen) atoms. The van der Waals surface area contributed by atoms with Gasteiger partial charge in [0.2, 0.25) is 0 Å². The summed E-state index contributed by atoms with van der Waals surface area (Å²) in [7, 11) is 3.65. The Kier molecular flexibility index (Phi) is 5.51. The molecule has 0 spiro atoms. The van der Waals surface area contributed by atoms with Crippen LogP contribution in [0, 0.1) is 0 Å². The second-order valence-electron chi connectivity index (χ2n) is 1.45. The van der Waals surface area contributed by atoms with Crippen LogP contribution in [0.5, 0.6) is 0 Å². The fraction of sp³-hybridized carbons (Fsp3) is 0.800. The molecule has 0 amide bonds. The monoisotopic (exact) mass is 147 g/mol. The van der Waals surface area contributed by atoms with E-state index in [1.54, 1.807) is 0 Å². The molecule has 4 heteroatoms. The highest BCUT2D eigenvalue weighted by Gasteiger charge is 1.85. The molecule has 2 N–H and O–H groups in total. The van der Waals surface area contributed by atoms with E-state index in [4.69, 9.17) is 0 Å². The number of nitrogens with one attached hydrogen (secondary N) is 2. The summed E-state index contributed by atoms with van der Waals surface area (Å²) in [4.78, 5) is 4.10. The van der Waals surface area contributed by atoms with Gasteiger partial charge in [-0.3, -0.25) is 4.99 Å². The number of hydrogen-bond donors (Lipinski definition) is 3. The van der Waals surface area contributed by atoms with Gasteiger partial charge in [-0.2, -0.15) is 12.6 Å². The van der Waals surface area contributed by atoms with E-state index in [1.165, 1.54) is 0 Å². The Labute approximate surface area is 61.3 Å². The van der Waals surface area contributed by atoms with Gasteiger partial charge in [-0.1, -0.05) is 0 Å². The molecule has 0 atom stereocenters. The molecule has 0 saturated carbocycles. The number of guanidine groups is 1. The third kappa shape index (κ3) is 4.14. The highest BCUT2D eigenvalue weighted by Crippen LogP contribution is 1.74. The van der Waals surface area contributed by atoms with E-state index in [0.717, 1.165) is 18.3 Å². The number of nitrogens with zero attached hydrogens (tertiary/aromatic N) is 1. The van der Waals surface area contributed by atoms with Crippen molar-refractivity contribution in [2.24, 2.45) is 4.99 Å². The van der Waals surface area contributed by atoms with Gasteiger partial charge in [-0.25, -0.2) is 0 Å². The minimum absolute atomic E-state index is 0.750. The SMILES string of the molecule is CNC(=NCCS)NC. The Balaban J connectivity index is 3.48. The largest absolute Gasteiger partial charge is 0.359 e. The fourth-order valence-electron chi connectivity index (χ4n) is 0.445. The summed E-state index contributed by atoms with van der Waals surface area (Å²) >= 11 is 4.01. The average molecular weight is 147 g/mol. The first-order valence-corrected chi connectivity index (χ1v) is 3.49. The van der Waals surface area contributed by atoms with E-state index in [9.17, 15) is 0 Å². The summed E-state index contributed by atoms with van der Waals surface area (Å²) < 4.78 is 0. The van der Waals surface area contributed by atoms with Gasteiger partial charge in [0.25, 0.3) is 0 Å². The average Bonchev–Trinajstić information content (AvgIpc) is 1.91. The van der Waals surface area contributed by atoms with Crippen LogP contribution in [-0.4, -0.2) is 32.4 Å². The highest BCUT2D eigenvalue weighted by atomic mass is 32.1. The number of hydrogen-bond acceptors (Lipinski definition) is 2. The zero-order valence-electron chi connectivity index (χ0n) is 5.81. The summed E-state index contributed by atoms with van der Waals surface area (Å²) in [5.41, 5.74) is 0. The van der Waals surface area contributed by atoms with Gasteiger partial charge in [-0.15, -0.1) is 0 Å². The van der Waals surface area contributed by atoms with Crippen LogP contribution in [0.4, 0.5) is 0 Å². The van der Waals surface area contributed by atoms with Gasteiger partial charge in [0, 0.05) is 19.8 Å². The third-order valence-electron chi connectivity index (χ3n) is 0.844. The van der Waals surface area contributed by atoms with Gasteiger partial charge in [-0.05, 0) is 0 Å². The van der Waals surface area contributed by atoms with Crippen LogP contribution < -0.4 is 10.6 Å². The minimum atomic E-state index is 0.750. The van der Waals surface area contributed by atoms with Crippen molar-refractivity contribution in [2.45, 2.75) is 0 Å². The standard InChI is InChI=1S/C5H13N3S/c1-6-5(7-2)8-3-4-9/h9H,3-4H2,1-2H3,(H2,6,7,8). The highest BCUT2D eigenvalue weighted by molar-refractivity contribution is 7.80.